The van der Waals surface area contributed by atoms with Crippen LogP contribution in [0.25, 0.3) is 0 Å². The predicted molar refractivity (Wildman–Crippen MR) is 100 cm³/mol. The van der Waals surface area contributed by atoms with E-state index in [1.165, 1.54) is 0 Å². The third kappa shape index (κ3) is 4.50. The zero-order chi connectivity index (χ0) is 17.8. The molecule has 0 aliphatic carbocycles. The molecule has 25 heavy (non-hydrogen) atoms. The van der Waals surface area contributed by atoms with Gasteiger partial charge in [-0.3, -0.25) is 4.79 Å². The smallest absolute Gasteiger partial charge is 0.246 e. The average molecular weight is 381 g/mol. The number of rotatable bonds is 4. The normalized spacial score (nSPS) is 14.4. The fraction of sp³-hybridized carbons (Fsp3) is 0.278. The second-order valence-corrected chi connectivity index (χ2v) is 6.54. The van der Waals surface area contributed by atoms with E-state index in [1.807, 2.05) is 18.2 Å². The van der Waals surface area contributed by atoms with Crippen molar-refractivity contribution in [2.24, 2.45) is 0 Å². The van der Waals surface area contributed by atoms with Crippen LogP contribution in [-0.2, 0) is 4.79 Å². The lowest BCUT2D eigenvalue weighted by molar-refractivity contribution is -0.116. The Morgan fingerprint density at radius 1 is 1.08 bits per heavy atom. The highest BCUT2D eigenvalue weighted by Crippen LogP contribution is 2.32. The molecule has 0 radical (unpaired) electrons. The van der Waals surface area contributed by atoms with E-state index in [-0.39, 0.29) is 5.91 Å². The number of hydrogen-bond acceptors (Lipinski definition) is 4. The summed E-state index contributed by atoms with van der Waals surface area (Å²) in [6.07, 6.45) is 0.844. The van der Waals surface area contributed by atoms with Crippen LogP contribution in [0.4, 0.5) is 11.4 Å². The first-order valence-electron chi connectivity index (χ1n) is 7.95. The predicted octanol–water partition coefficient (Wildman–Crippen LogP) is 4.59. The van der Waals surface area contributed by atoms with Crippen LogP contribution < -0.4 is 20.1 Å². The van der Waals surface area contributed by atoms with Gasteiger partial charge < -0.3 is 20.1 Å². The zero-order valence-electron chi connectivity index (χ0n) is 13.6. The van der Waals surface area contributed by atoms with Crippen molar-refractivity contribution in [1.82, 2.24) is 0 Å². The molecule has 3 rings (SSSR count). The monoisotopic (exact) mass is 380 g/mol. The molecule has 1 atom stereocenters. The zero-order valence-corrected chi connectivity index (χ0v) is 15.2. The maximum Gasteiger partial charge on any atom is 0.246 e. The molecule has 0 saturated heterocycles. The quantitative estimate of drug-likeness (QED) is 0.813. The molecule has 2 aromatic rings. The first-order chi connectivity index (χ1) is 12.0. The molecule has 1 amide bonds. The Morgan fingerprint density at radius 3 is 2.64 bits per heavy atom. The van der Waals surface area contributed by atoms with Crippen molar-refractivity contribution in [2.45, 2.75) is 19.4 Å². The van der Waals surface area contributed by atoms with Crippen molar-refractivity contribution in [3.05, 3.63) is 46.4 Å². The van der Waals surface area contributed by atoms with Crippen LogP contribution in [0.1, 0.15) is 13.3 Å². The Hall–Kier alpha value is -2.11. The number of halogens is 2. The molecule has 1 aliphatic heterocycles. The molecule has 0 saturated carbocycles. The van der Waals surface area contributed by atoms with Gasteiger partial charge in [0.2, 0.25) is 5.91 Å². The van der Waals surface area contributed by atoms with E-state index in [1.54, 1.807) is 25.1 Å². The van der Waals surface area contributed by atoms with E-state index in [2.05, 4.69) is 10.6 Å². The van der Waals surface area contributed by atoms with Gasteiger partial charge in [-0.2, -0.15) is 0 Å². The van der Waals surface area contributed by atoms with Crippen molar-refractivity contribution < 1.29 is 14.3 Å². The van der Waals surface area contributed by atoms with Crippen LogP contribution >= 0.6 is 23.2 Å². The number of amides is 1. The molecule has 2 N–H and O–H groups in total. The van der Waals surface area contributed by atoms with Crippen LogP contribution in [0.3, 0.4) is 0 Å². The SMILES string of the molecule is CC(Nc1ccc2c(c1)OCCCO2)C(=O)Nc1cc(Cl)ccc1Cl. The first kappa shape index (κ1) is 17.7. The highest BCUT2D eigenvalue weighted by atomic mass is 35.5. The van der Waals surface area contributed by atoms with Crippen molar-refractivity contribution in [2.75, 3.05) is 23.8 Å². The number of carbonyl (C=O) groups excluding carboxylic acids is 1. The Balaban J connectivity index is 1.67. The van der Waals surface area contributed by atoms with Gasteiger partial charge in [0.15, 0.2) is 11.5 Å². The fourth-order valence-electron chi connectivity index (χ4n) is 2.40. The average Bonchev–Trinajstić information content (AvgIpc) is 2.83. The van der Waals surface area contributed by atoms with Crippen LogP contribution in [0.2, 0.25) is 10.0 Å². The Bertz CT molecular complexity index is 783. The van der Waals surface area contributed by atoms with Crippen molar-refractivity contribution in [3.8, 4) is 11.5 Å². The third-order valence-electron chi connectivity index (χ3n) is 3.71. The Kier molecular flexibility index (Phi) is 5.56. The Labute approximate surface area is 156 Å². The summed E-state index contributed by atoms with van der Waals surface area (Å²) in [6.45, 7) is 3.01. The minimum Gasteiger partial charge on any atom is -0.490 e. The maximum atomic E-state index is 12.4. The number of nitrogens with one attached hydrogen (secondary N) is 2. The molecule has 1 unspecified atom stereocenters. The maximum absolute atomic E-state index is 12.4. The van der Waals surface area contributed by atoms with Crippen molar-refractivity contribution >= 4 is 40.5 Å². The van der Waals surface area contributed by atoms with Gasteiger partial charge in [0.05, 0.1) is 23.9 Å². The van der Waals surface area contributed by atoms with Crippen molar-refractivity contribution in [3.63, 3.8) is 0 Å². The molecule has 2 aromatic carbocycles. The minimum atomic E-state index is -0.486. The van der Waals surface area contributed by atoms with Gasteiger partial charge in [0.25, 0.3) is 0 Å². The fourth-order valence-corrected chi connectivity index (χ4v) is 2.74. The highest BCUT2D eigenvalue weighted by molar-refractivity contribution is 6.35. The number of fused-ring (bicyclic) bond motifs is 1. The largest absolute Gasteiger partial charge is 0.490 e. The summed E-state index contributed by atoms with van der Waals surface area (Å²) in [4.78, 5) is 12.4. The van der Waals surface area contributed by atoms with E-state index in [0.29, 0.717) is 40.4 Å². The van der Waals surface area contributed by atoms with E-state index >= 15 is 0 Å². The summed E-state index contributed by atoms with van der Waals surface area (Å²) in [6, 6.07) is 9.95. The lowest BCUT2D eigenvalue weighted by Gasteiger charge is -2.17. The summed E-state index contributed by atoms with van der Waals surface area (Å²) in [5, 5.41) is 6.85. The van der Waals surface area contributed by atoms with Gasteiger partial charge in [-0.25, -0.2) is 0 Å². The van der Waals surface area contributed by atoms with E-state index in [9.17, 15) is 4.79 Å². The van der Waals surface area contributed by atoms with Crippen LogP contribution in [0.15, 0.2) is 36.4 Å². The topological polar surface area (TPSA) is 59.6 Å². The summed E-state index contributed by atoms with van der Waals surface area (Å²) in [5.74, 6) is 1.16. The lowest BCUT2D eigenvalue weighted by atomic mass is 10.2. The molecule has 7 heteroatoms. The summed E-state index contributed by atoms with van der Waals surface area (Å²) >= 11 is 12.0. The molecule has 0 fully saturated rings. The number of ether oxygens (including phenoxy) is 2. The summed E-state index contributed by atoms with van der Waals surface area (Å²) in [7, 11) is 0. The molecular formula is C18H18Cl2N2O3. The lowest BCUT2D eigenvalue weighted by Crippen LogP contribution is -2.31. The third-order valence-corrected chi connectivity index (χ3v) is 4.27. The minimum absolute atomic E-state index is 0.226. The van der Waals surface area contributed by atoms with Gasteiger partial charge in [-0.15, -0.1) is 0 Å². The first-order valence-corrected chi connectivity index (χ1v) is 8.70. The molecule has 0 spiro atoms. The van der Waals surface area contributed by atoms with Crippen LogP contribution in [0, 0.1) is 0 Å². The molecule has 132 valence electrons. The molecule has 0 bridgehead atoms. The van der Waals surface area contributed by atoms with E-state index in [0.717, 1.165) is 12.1 Å². The van der Waals surface area contributed by atoms with E-state index in [4.69, 9.17) is 32.7 Å². The molecule has 5 nitrogen and oxygen atoms in total. The van der Waals surface area contributed by atoms with Gasteiger partial charge in [0.1, 0.15) is 6.04 Å². The number of hydrogen-bond donors (Lipinski definition) is 2. The number of carbonyl (C=O) groups is 1. The highest BCUT2D eigenvalue weighted by Gasteiger charge is 2.16. The van der Waals surface area contributed by atoms with Gasteiger partial charge in [-0.1, -0.05) is 23.2 Å². The molecular weight excluding hydrogens is 363 g/mol. The summed E-state index contributed by atoms with van der Waals surface area (Å²) in [5.41, 5.74) is 1.25. The number of benzene rings is 2. The van der Waals surface area contributed by atoms with Crippen molar-refractivity contribution in [1.29, 1.82) is 0 Å². The van der Waals surface area contributed by atoms with Gasteiger partial charge >= 0.3 is 0 Å². The van der Waals surface area contributed by atoms with Crippen LogP contribution in [-0.4, -0.2) is 25.2 Å². The summed E-state index contributed by atoms with van der Waals surface area (Å²) < 4.78 is 11.3. The van der Waals surface area contributed by atoms with Gasteiger partial charge in [-0.05, 0) is 37.3 Å². The molecule has 0 aromatic heterocycles. The standard InChI is InChI=1S/C18H18Cl2N2O3/c1-11(18(23)22-15-9-12(19)3-5-14(15)20)21-13-4-6-16-17(10-13)25-8-2-7-24-16/h3-6,9-11,21H,2,7-8H2,1H3,(H,22,23). The van der Waals surface area contributed by atoms with E-state index < -0.39 is 6.04 Å². The second-order valence-electron chi connectivity index (χ2n) is 5.69. The molecule has 1 aliphatic rings. The Morgan fingerprint density at radius 2 is 1.84 bits per heavy atom. The number of anilines is 2. The molecule has 1 heterocycles. The van der Waals surface area contributed by atoms with Gasteiger partial charge in [0, 0.05) is 23.2 Å². The second kappa shape index (κ2) is 7.85. The van der Waals surface area contributed by atoms with Crippen LogP contribution in [0.5, 0.6) is 11.5 Å².